The lowest BCUT2D eigenvalue weighted by Crippen LogP contribution is -2.44. The molecule has 0 aromatic carbocycles. The van der Waals surface area contributed by atoms with Crippen molar-refractivity contribution in [2.75, 3.05) is 12.8 Å². The highest BCUT2D eigenvalue weighted by atomic mass is 31.1. The molecule has 2 unspecified atom stereocenters. The fourth-order valence-corrected chi connectivity index (χ4v) is 3.96. The zero-order valence-electron chi connectivity index (χ0n) is 17.3. The van der Waals surface area contributed by atoms with Crippen LogP contribution in [0.3, 0.4) is 0 Å². The molecule has 0 amide bonds. The molecule has 0 fully saturated rings. The summed E-state index contributed by atoms with van der Waals surface area (Å²) >= 11 is 0. The second-order valence-corrected chi connectivity index (χ2v) is 12.3. The van der Waals surface area contributed by atoms with Crippen molar-refractivity contribution in [2.24, 2.45) is 21.7 Å². The average molecular weight is 345 g/mol. The van der Waals surface area contributed by atoms with Crippen LogP contribution in [0.4, 0.5) is 0 Å². The van der Waals surface area contributed by atoms with E-state index in [1.165, 1.54) is 0 Å². The zero-order chi connectivity index (χ0) is 18.7. The van der Waals surface area contributed by atoms with Gasteiger partial charge in [0.15, 0.2) is 0 Å². The number of hydrogen-bond donors (Lipinski definition) is 1. The Kier molecular flexibility index (Phi) is 7.98. The number of Topliss-reactive ketones (excluding diaryl/α,β-unsaturated/α-hetero) is 1. The van der Waals surface area contributed by atoms with Gasteiger partial charge in [0.25, 0.3) is 0 Å². The quantitative estimate of drug-likeness (QED) is 0.528. The third kappa shape index (κ3) is 8.12. The van der Waals surface area contributed by atoms with E-state index in [1.54, 1.807) is 0 Å². The SMILES string of the molecule is CP(O)CCCC(C)(C)CC(=O)C(C)(CC(C)(C)C)C(C)(C)C. The minimum atomic E-state index is -0.818. The number of carbonyl (C=O) groups is 1. The summed E-state index contributed by atoms with van der Waals surface area (Å²) in [4.78, 5) is 22.7. The van der Waals surface area contributed by atoms with Crippen LogP contribution in [0.1, 0.15) is 88.0 Å². The molecule has 23 heavy (non-hydrogen) atoms. The molecule has 0 aliphatic rings. The van der Waals surface area contributed by atoms with E-state index in [1.807, 2.05) is 6.66 Å². The molecule has 138 valence electrons. The van der Waals surface area contributed by atoms with E-state index < -0.39 is 8.15 Å². The van der Waals surface area contributed by atoms with Crippen molar-refractivity contribution in [3.63, 3.8) is 0 Å². The van der Waals surface area contributed by atoms with Crippen molar-refractivity contribution in [3.8, 4) is 0 Å². The summed E-state index contributed by atoms with van der Waals surface area (Å²) in [6.07, 6.45) is 4.43. The van der Waals surface area contributed by atoms with Crippen LogP contribution in [0, 0.1) is 21.7 Å². The Labute approximate surface area is 146 Å². The number of ketones is 1. The van der Waals surface area contributed by atoms with Gasteiger partial charge in [-0.3, -0.25) is 4.79 Å². The molecule has 2 nitrogen and oxygen atoms in total. The summed E-state index contributed by atoms with van der Waals surface area (Å²) in [7, 11) is -0.818. The minimum Gasteiger partial charge on any atom is -0.374 e. The fourth-order valence-electron chi connectivity index (χ4n) is 3.35. The third-order valence-electron chi connectivity index (χ3n) is 5.13. The Bertz CT molecular complexity index is 385. The summed E-state index contributed by atoms with van der Waals surface area (Å²) in [6.45, 7) is 21.7. The van der Waals surface area contributed by atoms with Crippen molar-refractivity contribution in [1.29, 1.82) is 0 Å². The van der Waals surface area contributed by atoms with Crippen LogP contribution in [-0.4, -0.2) is 23.5 Å². The Morgan fingerprint density at radius 3 is 1.78 bits per heavy atom. The predicted octanol–water partition coefficient (Wildman–Crippen LogP) is 6.26. The molecule has 0 aromatic rings. The molecule has 0 aliphatic carbocycles. The highest BCUT2D eigenvalue weighted by molar-refractivity contribution is 7.50. The first-order valence-corrected chi connectivity index (χ1v) is 10.9. The van der Waals surface area contributed by atoms with Crippen LogP contribution in [0.15, 0.2) is 0 Å². The zero-order valence-corrected chi connectivity index (χ0v) is 18.2. The van der Waals surface area contributed by atoms with Gasteiger partial charge < -0.3 is 4.89 Å². The van der Waals surface area contributed by atoms with E-state index in [0.717, 1.165) is 25.4 Å². The van der Waals surface area contributed by atoms with Gasteiger partial charge in [0.05, 0.1) is 0 Å². The molecule has 3 heteroatoms. The van der Waals surface area contributed by atoms with Gasteiger partial charge in [0, 0.05) is 20.0 Å². The molecule has 0 aromatic heterocycles. The molecule has 2 atom stereocenters. The number of rotatable bonds is 8. The lowest BCUT2D eigenvalue weighted by Gasteiger charge is -2.46. The van der Waals surface area contributed by atoms with Gasteiger partial charge in [-0.1, -0.05) is 62.3 Å². The first kappa shape index (κ1) is 23.1. The summed E-state index contributed by atoms with van der Waals surface area (Å²) in [6, 6.07) is 0. The molecule has 0 aliphatic heterocycles. The highest BCUT2D eigenvalue weighted by Gasteiger charge is 2.46. The van der Waals surface area contributed by atoms with Crippen molar-refractivity contribution >= 4 is 13.9 Å². The van der Waals surface area contributed by atoms with Crippen LogP contribution in [-0.2, 0) is 4.79 Å². The van der Waals surface area contributed by atoms with Gasteiger partial charge in [0.2, 0.25) is 0 Å². The fraction of sp³-hybridized carbons (Fsp3) is 0.950. The minimum absolute atomic E-state index is 0.00677. The summed E-state index contributed by atoms with van der Waals surface area (Å²) in [5.41, 5.74) is -0.212. The summed E-state index contributed by atoms with van der Waals surface area (Å²) < 4.78 is 0. The Hall–Kier alpha value is 0.0600. The van der Waals surface area contributed by atoms with Crippen molar-refractivity contribution in [2.45, 2.75) is 88.0 Å². The van der Waals surface area contributed by atoms with Crippen molar-refractivity contribution in [3.05, 3.63) is 0 Å². The summed E-state index contributed by atoms with van der Waals surface area (Å²) in [5.74, 6) is 0.396. The van der Waals surface area contributed by atoms with E-state index in [9.17, 15) is 9.69 Å². The molecule has 0 saturated heterocycles. The van der Waals surface area contributed by atoms with Gasteiger partial charge in [-0.15, -0.1) is 0 Å². The van der Waals surface area contributed by atoms with Crippen molar-refractivity contribution in [1.82, 2.24) is 0 Å². The Balaban J connectivity index is 5.11. The topological polar surface area (TPSA) is 37.3 Å². The molecular formula is C20H41O2P. The van der Waals surface area contributed by atoms with Crippen LogP contribution in [0.5, 0.6) is 0 Å². The van der Waals surface area contributed by atoms with E-state index in [0.29, 0.717) is 12.2 Å². The van der Waals surface area contributed by atoms with Gasteiger partial charge in [0.1, 0.15) is 5.78 Å². The van der Waals surface area contributed by atoms with E-state index in [-0.39, 0.29) is 21.7 Å². The maximum absolute atomic E-state index is 13.3. The smallest absolute Gasteiger partial charge is 0.139 e. The second-order valence-electron chi connectivity index (χ2n) is 10.6. The average Bonchev–Trinajstić information content (AvgIpc) is 2.22. The highest BCUT2D eigenvalue weighted by Crippen LogP contribution is 2.49. The van der Waals surface area contributed by atoms with E-state index in [4.69, 9.17) is 0 Å². The lowest BCUT2D eigenvalue weighted by molar-refractivity contribution is -0.138. The third-order valence-corrected chi connectivity index (χ3v) is 6.09. The summed E-state index contributed by atoms with van der Waals surface area (Å²) in [5, 5.41) is 0. The van der Waals surface area contributed by atoms with Gasteiger partial charge in [-0.2, -0.15) is 0 Å². The molecule has 0 spiro atoms. The van der Waals surface area contributed by atoms with Crippen LogP contribution < -0.4 is 0 Å². The maximum Gasteiger partial charge on any atom is 0.139 e. The standard InChI is InChI=1S/C20H41O2P/c1-17(2,3)15-20(9,18(4,5)6)16(21)14-19(7,8)12-11-13-23(10)22/h22H,11-15H2,1-10H3. The van der Waals surface area contributed by atoms with Gasteiger partial charge in [-0.05, 0) is 48.3 Å². The second kappa shape index (κ2) is 7.96. The van der Waals surface area contributed by atoms with E-state index in [2.05, 4.69) is 62.3 Å². The molecule has 0 heterocycles. The van der Waals surface area contributed by atoms with Crippen molar-refractivity contribution < 1.29 is 9.69 Å². The molecule has 1 N–H and O–H groups in total. The molecule has 0 saturated carbocycles. The largest absolute Gasteiger partial charge is 0.374 e. The Morgan fingerprint density at radius 2 is 1.43 bits per heavy atom. The molecular weight excluding hydrogens is 303 g/mol. The van der Waals surface area contributed by atoms with Crippen LogP contribution in [0.25, 0.3) is 0 Å². The monoisotopic (exact) mass is 344 g/mol. The maximum atomic E-state index is 13.3. The number of carbonyl (C=O) groups excluding carboxylic acids is 1. The first-order chi connectivity index (χ1) is 10.0. The lowest BCUT2D eigenvalue weighted by atomic mass is 9.57. The molecule has 0 radical (unpaired) electrons. The number of hydrogen-bond acceptors (Lipinski definition) is 2. The van der Waals surface area contributed by atoms with E-state index >= 15 is 0 Å². The van der Waals surface area contributed by atoms with Crippen LogP contribution in [0.2, 0.25) is 0 Å². The first-order valence-electron chi connectivity index (χ1n) is 8.94. The van der Waals surface area contributed by atoms with Crippen LogP contribution >= 0.6 is 8.15 Å². The van der Waals surface area contributed by atoms with Gasteiger partial charge in [-0.25, -0.2) is 0 Å². The predicted molar refractivity (Wildman–Crippen MR) is 104 cm³/mol. The van der Waals surface area contributed by atoms with Gasteiger partial charge >= 0.3 is 0 Å². The normalized spacial score (nSPS) is 17.7. The molecule has 0 rings (SSSR count). The molecule has 0 bridgehead atoms. The Morgan fingerprint density at radius 1 is 0.957 bits per heavy atom.